The lowest BCUT2D eigenvalue weighted by Crippen LogP contribution is -2.38. The van der Waals surface area contributed by atoms with Crippen LogP contribution in [0, 0.1) is 5.41 Å². The third-order valence-corrected chi connectivity index (χ3v) is 8.36. The number of aromatic amines is 1. The highest BCUT2D eigenvalue weighted by Gasteiger charge is 2.53. The van der Waals surface area contributed by atoms with Gasteiger partial charge < -0.3 is 4.90 Å². The van der Waals surface area contributed by atoms with Crippen LogP contribution < -0.4 is 0 Å². The van der Waals surface area contributed by atoms with Crippen molar-refractivity contribution >= 4 is 27.5 Å². The molecule has 1 saturated heterocycles. The molecule has 156 valence electrons. The van der Waals surface area contributed by atoms with Gasteiger partial charge in [0.05, 0.1) is 15.2 Å². The standard InChI is InChI=1S/C23H27N5OS/c29-20(8-3-7-19-24-17-5-1-2-6-18(17)30-19)28-13-16(23(14-28)11-4-12-23)22-25-21(26-27-22)15-9-10-15/h1-2,5-6,15-16H,3-4,7-14H2,(H,25,26,27). The molecule has 1 unspecified atom stereocenters. The molecule has 1 N–H and O–H groups in total. The summed E-state index contributed by atoms with van der Waals surface area (Å²) in [6.45, 7) is 1.68. The van der Waals surface area contributed by atoms with E-state index in [1.54, 1.807) is 11.3 Å². The van der Waals surface area contributed by atoms with Crippen LogP contribution in [0.25, 0.3) is 10.2 Å². The van der Waals surface area contributed by atoms with Gasteiger partial charge in [0.2, 0.25) is 5.91 Å². The van der Waals surface area contributed by atoms with Gasteiger partial charge in [0.15, 0.2) is 5.82 Å². The average Bonchev–Trinajstić information content (AvgIpc) is 3.16. The van der Waals surface area contributed by atoms with Crippen LogP contribution >= 0.6 is 11.3 Å². The number of fused-ring (bicyclic) bond motifs is 1. The number of thiazole rings is 1. The number of hydrogen-bond donors (Lipinski definition) is 1. The number of H-pyrrole nitrogens is 1. The normalized spacial score (nSPS) is 22.7. The topological polar surface area (TPSA) is 74.8 Å². The molecule has 3 aliphatic rings. The number of likely N-dealkylation sites (tertiary alicyclic amines) is 1. The van der Waals surface area contributed by atoms with E-state index < -0.39 is 0 Å². The number of rotatable bonds is 6. The highest BCUT2D eigenvalue weighted by molar-refractivity contribution is 7.18. The summed E-state index contributed by atoms with van der Waals surface area (Å²) in [6.07, 6.45) is 8.43. The Morgan fingerprint density at radius 3 is 2.87 bits per heavy atom. The number of nitrogens with one attached hydrogen (secondary N) is 1. The summed E-state index contributed by atoms with van der Waals surface area (Å²) in [5.74, 6) is 3.17. The minimum atomic E-state index is 0.225. The highest BCUT2D eigenvalue weighted by Crippen LogP contribution is 2.55. The van der Waals surface area contributed by atoms with Crippen molar-refractivity contribution in [2.75, 3.05) is 13.1 Å². The number of hydrogen-bond acceptors (Lipinski definition) is 5. The number of nitrogens with zero attached hydrogens (tertiary/aromatic N) is 4. The Kier molecular flexibility index (Phi) is 4.41. The predicted molar refractivity (Wildman–Crippen MR) is 117 cm³/mol. The van der Waals surface area contributed by atoms with Crippen LogP contribution in [0.5, 0.6) is 0 Å². The van der Waals surface area contributed by atoms with Crippen LogP contribution in [-0.2, 0) is 11.2 Å². The van der Waals surface area contributed by atoms with E-state index >= 15 is 0 Å². The number of para-hydroxylation sites is 1. The van der Waals surface area contributed by atoms with Crippen molar-refractivity contribution in [1.29, 1.82) is 0 Å². The fourth-order valence-corrected chi connectivity index (χ4v) is 6.23. The number of aromatic nitrogens is 4. The van der Waals surface area contributed by atoms with Gasteiger partial charge in [-0.1, -0.05) is 18.6 Å². The lowest BCUT2D eigenvalue weighted by molar-refractivity contribution is -0.130. The smallest absolute Gasteiger partial charge is 0.222 e. The second kappa shape index (κ2) is 7.15. The molecule has 6 rings (SSSR count). The molecule has 2 saturated carbocycles. The lowest BCUT2D eigenvalue weighted by atomic mass is 9.62. The van der Waals surface area contributed by atoms with E-state index in [9.17, 15) is 4.79 Å². The predicted octanol–water partition coefficient (Wildman–Crippen LogP) is 4.41. The first-order chi connectivity index (χ1) is 14.7. The molecule has 2 aromatic heterocycles. The maximum atomic E-state index is 13.0. The molecule has 0 bridgehead atoms. The van der Waals surface area contributed by atoms with Crippen molar-refractivity contribution in [3.8, 4) is 0 Å². The van der Waals surface area contributed by atoms with E-state index in [4.69, 9.17) is 9.97 Å². The molecule has 30 heavy (non-hydrogen) atoms. The van der Waals surface area contributed by atoms with Crippen LogP contribution in [0.3, 0.4) is 0 Å². The minimum Gasteiger partial charge on any atom is -0.341 e. The molecule has 3 fully saturated rings. The summed E-state index contributed by atoms with van der Waals surface area (Å²) in [5, 5.41) is 8.83. The molecular weight excluding hydrogens is 394 g/mol. The maximum Gasteiger partial charge on any atom is 0.222 e. The van der Waals surface area contributed by atoms with Crippen molar-refractivity contribution in [2.45, 2.75) is 63.2 Å². The van der Waals surface area contributed by atoms with Crippen molar-refractivity contribution in [1.82, 2.24) is 25.1 Å². The van der Waals surface area contributed by atoms with E-state index in [0.29, 0.717) is 18.3 Å². The SMILES string of the molecule is O=C(CCCc1nc2ccccc2s1)N1CC(c2nc(C3CC3)n[nH]2)C2(CCC2)C1. The van der Waals surface area contributed by atoms with Gasteiger partial charge in [-0.05, 0) is 56.1 Å². The fourth-order valence-electron chi connectivity index (χ4n) is 5.22. The Bertz CT molecular complexity index is 1050. The van der Waals surface area contributed by atoms with Gasteiger partial charge in [-0.2, -0.15) is 5.10 Å². The Morgan fingerprint density at radius 2 is 2.10 bits per heavy atom. The Morgan fingerprint density at radius 1 is 1.23 bits per heavy atom. The average molecular weight is 422 g/mol. The molecule has 2 aliphatic carbocycles. The largest absolute Gasteiger partial charge is 0.341 e. The molecule has 3 heterocycles. The molecule has 1 spiro atoms. The first-order valence-corrected chi connectivity index (χ1v) is 12.1. The molecule has 6 nitrogen and oxygen atoms in total. The number of carbonyl (C=O) groups is 1. The molecular formula is C23H27N5OS. The Labute approximate surface area is 180 Å². The Balaban J connectivity index is 1.09. The van der Waals surface area contributed by atoms with Crippen LogP contribution in [0.2, 0.25) is 0 Å². The minimum absolute atomic E-state index is 0.225. The summed E-state index contributed by atoms with van der Waals surface area (Å²) >= 11 is 1.75. The third-order valence-electron chi connectivity index (χ3n) is 7.26. The van der Waals surface area contributed by atoms with Crippen molar-refractivity contribution < 1.29 is 4.79 Å². The fraction of sp³-hybridized carbons (Fsp3) is 0.565. The Hall–Kier alpha value is -2.28. The number of amides is 1. The molecule has 1 atom stereocenters. The van der Waals surface area contributed by atoms with Gasteiger partial charge >= 0.3 is 0 Å². The number of aryl methyl sites for hydroxylation is 1. The first-order valence-electron chi connectivity index (χ1n) is 11.2. The maximum absolute atomic E-state index is 13.0. The van der Waals surface area contributed by atoms with E-state index in [-0.39, 0.29) is 11.3 Å². The monoisotopic (exact) mass is 421 g/mol. The van der Waals surface area contributed by atoms with Crippen LogP contribution in [-0.4, -0.2) is 44.1 Å². The number of benzene rings is 1. The zero-order valence-electron chi connectivity index (χ0n) is 17.1. The molecule has 1 amide bonds. The van der Waals surface area contributed by atoms with Crippen molar-refractivity contribution in [3.05, 3.63) is 40.9 Å². The van der Waals surface area contributed by atoms with Crippen molar-refractivity contribution in [2.24, 2.45) is 5.41 Å². The molecule has 0 radical (unpaired) electrons. The number of carbonyl (C=O) groups excluding carboxylic acids is 1. The second-order valence-corrected chi connectivity index (χ2v) is 10.4. The molecule has 1 aliphatic heterocycles. The lowest BCUT2D eigenvalue weighted by Gasteiger charge is -2.41. The molecule has 3 aromatic rings. The summed E-state index contributed by atoms with van der Waals surface area (Å²) in [6, 6.07) is 8.25. The van der Waals surface area contributed by atoms with Crippen LogP contribution in [0.4, 0.5) is 0 Å². The van der Waals surface area contributed by atoms with Gasteiger partial charge in [0.1, 0.15) is 5.82 Å². The second-order valence-electron chi connectivity index (χ2n) is 9.32. The van der Waals surface area contributed by atoms with E-state index in [1.165, 1.54) is 36.8 Å². The van der Waals surface area contributed by atoms with Gasteiger partial charge in [-0.15, -0.1) is 11.3 Å². The van der Waals surface area contributed by atoms with Gasteiger partial charge in [-0.3, -0.25) is 9.89 Å². The van der Waals surface area contributed by atoms with Gasteiger partial charge in [0.25, 0.3) is 0 Å². The van der Waals surface area contributed by atoms with Crippen molar-refractivity contribution in [3.63, 3.8) is 0 Å². The first kappa shape index (κ1) is 18.5. The summed E-state index contributed by atoms with van der Waals surface area (Å²) < 4.78 is 1.23. The van der Waals surface area contributed by atoms with E-state index in [1.807, 2.05) is 6.07 Å². The van der Waals surface area contributed by atoms with Gasteiger partial charge in [-0.25, -0.2) is 9.97 Å². The zero-order valence-corrected chi connectivity index (χ0v) is 18.0. The van der Waals surface area contributed by atoms with E-state index in [0.717, 1.165) is 48.1 Å². The van der Waals surface area contributed by atoms with E-state index in [2.05, 4.69) is 33.3 Å². The summed E-state index contributed by atoms with van der Waals surface area (Å²) in [5.41, 5.74) is 1.29. The van der Waals surface area contributed by atoms with Crippen LogP contribution in [0.1, 0.15) is 73.4 Å². The third kappa shape index (κ3) is 3.23. The zero-order chi connectivity index (χ0) is 20.1. The highest BCUT2D eigenvalue weighted by atomic mass is 32.1. The molecule has 1 aromatic carbocycles. The quantitative estimate of drug-likeness (QED) is 0.640. The molecule has 7 heteroatoms. The summed E-state index contributed by atoms with van der Waals surface area (Å²) in [4.78, 5) is 24.6. The summed E-state index contributed by atoms with van der Waals surface area (Å²) in [7, 11) is 0. The van der Waals surface area contributed by atoms with Gasteiger partial charge in [0, 0.05) is 31.3 Å². The van der Waals surface area contributed by atoms with Crippen LogP contribution in [0.15, 0.2) is 24.3 Å².